The topological polar surface area (TPSA) is 87.3 Å². The molecule has 1 saturated heterocycles. The maximum atomic E-state index is 11.4. The van der Waals surface area contributed by atoms with E-state index in [1.54, 1.807) is 0 Å². The van der Waals surface area contributed by atoms with Crippen LogP contribution in [0.5, 0.6) is 0 Å². The van der Waals surface area contributed by atoms with E-state index in [4.69, 9.17) is 9.05 Å². The van der Waals surface area contributed by atoms with Crippen LogP contribution in [0.1, 0.15) is 25.5 Å². The highest BCUT2D eigenvalue weighted by molar-refractivity contribution is 7.47. The van der Waals surface area contributed by atoms with Gasteiger partial charge in [0.05, 0.1) is 6.61 Å². The Morgan fingerprint density at radius 3 is 2.53 bits per heavy atom. The fourth-order valence-corrected chi connectivity index (χ4v) is 3.00. The Balaban J connectivity index is 0.00000144. The average molecular weight is 260 g/mol. The number of phosphoric acid groups is 1. The third-order valence-electron chi connectivity index (χ3n) is 2.65. The Kier molecular flexibility index (Phi) is 4.12. The van der Waals surface area contributed by atoms with Gasteiger partial charge in [-0.15, -0.1) is 0 Å². The van der Waals surface area contributed by atoms with E-state index in [-0.39, 0.29) is 17.5 Å². The van der Waals surface area contributed by atoms with Crippen molar-refractivity contribution >= 4 is 7.82 Å². The lowest BCUT2D eigenvalue weighted by molar-refractivity contribution is -0.0472. The molecule has 1 fully saturated rings. The fourth-order valence-electron chi connectivity index (χ4n) is 1.77. The van der Waals surface area contributed by atoms with Crippen LogP contribution in [0.15, 0.2) is 30.3 Å². The minimum Gasteiger partial charge on any atom is -0.412 e. The Hall–Kier alpha value is -0.710. The molecule has 17 heavy (non-hydrogen) atoms. The maximum absolute atomic E-state index is 11.4. The lowest BCUT2D eigenvalue weighted by Crippen LogP contribution is -2.33. The second-order valence-electron chi connectivity index (χ2n) is 4.63. The van der Waals surface area contributed by atoms with Gasteiger partial charge in [0.25, 0.3) is 0 Å². The monoisotopic (exact) mass is 260 g/mol. The second-order valence-corrected chi connectivity index (χ2v) is 6.03. The number of hydrogen-bond donors (Lipinski definition) is 1. The zero-order valence-corrected chi connectivity index (χ0v) is 10.7. The van der Waals surface area contributed by atoms with Crippen molar-refractivity contribution in [2.45, 2.75) is 20.0 Å². The first-order valence-corrected chi connectivity index (χ1v) is 6.61. The first-order chi connectivity index (χ1) is 7.41. The van der Waals surface area contributed by atoms with Gasteiger partial charge in [0, 0.05) is 5.41 Å². The first-order valence-electron chi connectivity index (χ1n) is 5.11. The molecule has 2 atom stereocenters. The molecule has 1 unspecified atom stereocenters. The summed E-state index contributed by atoms with van der Waals surface area (Å²) in [6, 6.07) is 9.43. The summed E-state index contributed by atoms with van der Waals surface area (Å²) >= 11 is 0. The van der Waals surface area contributed by atoms with Crippen molar-refractivity contribution in [2.24, 2.45) is 5.41 Å². The van der Waals surface area contributed by atoms with Crippen molar-refractivity contribution < 1.29 is 24.0 Å². The maximum Gasteiger partial charge on any atom is 0.472 e. The number of phosphoric ester groups is 1. The summed E-state index contributed by atoms with van der Waals surface area (Å²) in [6.45, 7) is 4.11. The molecular formula is C11H17O5P. The predicted octanol–water partition coefficient (Wildman–Crippen LogP) is 2.08. The Morgan fingerprint density at radius 1 is 1.35 bits per heavy atom. The van der Waals surface area contributed by atoms with Gasteiger partial charge in [-0.05, 0) is 5.56 Å². The molecule has 2 rings (SSSR count). The van der Waals surface area contributed by atoms with Gasteiger partial charge in [-0.25, -0.2) is 4.57 Å². The van der Waals surface area contributed by atoms with Crippen LogP contribution in [0.3, 0.4) is 0 Å². The van der Waals surface area contributed by atoms with Gasteiger partial charge >= 0.3 is 7.82 Å². The smallest absolute Gasteiger partial charge is 0.412 e. The third-order valence-corrected chi connectivity index (χ3v) is 3.58. The Bertz CT molecular complexity index is 417. The van der Waals surface area contributed by atoms with E-state index in [1.807, 2.05) is 44.2 Å². The highest BCUT2D eigenvalue weighted by atomic mass is 31.2. The Morgan fingerprint density at radius 2 is 1.94 bits per heavy atom. The quantitative estimate of drug-likeness (QED) is 0.783. The molecule has 3 N–H and O–H groups in total. The first kappa shape index (κ1) is 14.4. The normalized spacial score (nSPS) is 31.6. The van der Waals surface area contributed by atoms with E-state index >= 15 is 0 Å². The molecule has 5 nitrogen and oxygen atoms in total. The van der Waals surface area contributed by atoms with Crippen LogP contribution in [-0.2, 0) is 13.6 Å². The lowest BCUT2D eigenvalue weighted by atomic mass is 9.83. The summed E-state index contributed by atoms with van der Waals surface area (Å²) in [7, 11) is -3.89. The molecule has 0 spiro atoms. The summed E-state index contributed by atoms with van der Waals surface area (Å²) in [4.78, 5) is 9.35. The molecule has 1 aromatic rings. The molecule has 1 aliphatic rings. The molecule has 0 bridgehead atoms. The van der Waals surface area contributed by atoms with Crippen LogP contribution in [-0.4, -0.2) is 17.0 Å². The summed E-state index contributed by atoms with van der Waals surface area (Å²) in [6.07, 6.45) is -0.418. The average Bonchev–Trinajstić information content (AvgIpc) is 2.24. The van der Waals surface area contributed by atoms with Gasteiger partial charge in [0.2, 0.25) is 0 Å². The van der Waals surface area contributed by atoms with Crippen LogP contribution >= 0.6 is 7.82 Å². The van der Waals surface area contributed by atoms with Gasteiger partial charge in [0.15, 0.2) is 0 Å². The molecule has 0 saturated carbocycles. The van der Waals surface area contributed by atoms with E-state index < -0.39 is 13.9 Å². The standard InChI is InChI=1S/C11H15O4P.H2O/c1-11(2)8-14-16(12,13)15-10(11)9-6-4-3-5-7-9;/h3-7,10H,8H2,1-2H3,(H,12,13);1H2/t10-;/m1./s1. The molecule has 0 aromatic heterocycles. The molecule has 6 heteroatoms. The lowest BCUT2D eigenvalue weighted by Gasteiger charge is -2.39. The second kappa shape index (κ2) is 4.88. The van der Waals surface area contributed by atoms with E-state index in [2.05, 4.69) is 0 Å². The molecular weight excluding hydrogens is 243 g/mol. The highest BCUT2D eigenvalue weighted by Gasteiger charge is 2.44. The zero-order chi connectivity index (χ0) is 11.8. The minimum absolute atomic E-state index is 0. The summed E-state index contributed by atoms with van der Waals surface area (Å²) in [5.41, 5.74) is 0.572. The summed E-state index contributed by atoms with van der Waals surface area (Å²) in [5.74, 6) is 0. The summed E-state index contributed by atoms with van der Waals surface area (Å²) in [5, 5.41) is 0. The number of hydrogen-bond acceptors (Lipinski definition) is 3. The van der Waals surface area contributed by atoms with Gasteiger partial charge in [-0.2, -0.15) is 0 Å². The minimum atomic E-state index is -3.89. The van der Waals surface area contributed by atoms with Crippen LogP contribution in [0.4, 0.5) is 0 Å². The van der Waals surface area contributed by atoms with Crippen molar-refractivity contribution in [1.82, 2.24) is 0 Å². The van der Waals surface area contributed by atoms with Gasteiger partial charge in [0.1, 0.15) is 6.10 Å². The molecule has 0 aliphatic carbocycles. The fraction of sp³-hybridized carbons (Fsp3) is 0.455. The number of rotatable bonds is 1. The van der Waals surface area contributed by atoms with Crippen LogP contribution in [0, 0.1) is 5.41 Å². The molecule has 0 amide bonds. The largest absolute Gasteiger partial charge is 0.472 e. The van der Waals surface area contributed by atoms with Crippen LogP contribution < -0.4 is 0 Å². The SMILES string of the molecule is CC1(C)COP(=O)(O)O[C@@H]1c1ccccc1.O. The number of benzene rings is 1. The zero-order valence-electron chi connectivity index (χ0n) is 9.79. The molecule has 1 aromatic carbocycles. The van der Waals surface area contributed by atoms with E-state index in [0.29, 0.717) is 0 Å². The van der Waals surface area contributed by atoms with E-state index in [9.17, 15) is 9.46 Å². The van der Waals surface area contributed by atoms with Crippen LogP contribution in [0.25, 0.3) is 0 Å². The Labute approximate surface area is 100 Å². The summed E-state index contributed by atoms with van der Waals surface area (Å²) < 4.78 is 21.4. The van der Waals surface area contributed by atoms with Crippen molar-refractivity contribution in [3.05, 3.63) is 35.9 Å². The van der Waals surface area contributed by atoms with Crippen molar-refractivity contribution in [2.75, 3.05) is 6.61 Å². The van der Waals surface area contributed by atoms with E-state index in [0.717, 1.165) is 5.56 Å². The van der Waals surface area contributed by atoms with E-state index in [1.165, 1.54) is 0 Å². The highest BCUT2D eigenvalue weighted by Crippen LogP contribution is 2.57. The van der Waals surface area contributed by atoms with Gasteiger partial charge in [-0.1, -0.05) is 44.2 Å². The van der Waals surface area contributed by atoms with Crippen molar-refractivity contribution in [3.63, 3.8) is 0 Å². The third kappa shape index (κ3) is 3.15. The molecule has 0 radical (unpaired) electrons. The predicted molar refractivity (Wildman–Crippen MR) is 63.4 cm³/mol. The van der Waals surface area contributed by atoms with Crippen molar-refractivity contribution in [3.8, 4) is 0 Å². The van der Waals surface area contributed by atoms with Gasteiger partial charge < -0.3 is 10.4 Å². The van der Waals surface area contributed by atoms with Crippen molar-refractivity contribution in [1.29, 1.82) is 0 Å². The van der Waals surface area contributed by atoms with Crippen LogP contribution in [0.2, 0.25) is 0 Å². The van der Waals surface area contributed by atoms with Gasteiger partial charge in [-0.3, -0.25) is 9.05 Å². The molecule has 1 aliphatic heterocycles. The molecule has 96 valence electrons. The molecule has 1 heterocycles.